The van der Waals surface area contributed by atoms with E-state index in [2.05, 4.69) is 5.32 Å². The molecule has 3 nitrogen and oxygen atoms in total. The highest BCUT2D eigenvalue weighted by Gasteiger charge is 2.46. The minimum Gasteiger partial charge on any atom is -0.460 e. The molecule has 18 heavy (non-hydrogen) atoms. The first-order valence-corrected chi connectivity index (χ1v) is 6.11. The highest BCUT2D eigenvalue weighted by Crippen LogP contribution is 2.32. The number of esters is 1. The number of carbonyl (C=O) groups is 1. The Morgan fingerprint density at radius 1 is 1.33 bits per heavy atom. The van der Waals surface area contributed by atoms with E-state index < -0.39 is 29.7 Å². The molecule has 0 aromatic carbocycles. The molecule has 1 fully saturated rings. The van der Waals surface area contributed by atoms with Gasteiger partial charge in [-0.1, -0.05) is 0 Å². The number of hydrogen-bond acceptors (Lipinski definition) is 3. The molecule has 1 saturated heterocycles. The van der Waals surface area contributed by atoms with E-state index in [9.17, 15) is 18.0 Å². The van der Waals surface area contributed by atoms with E-state index in [1.807, 2.05) is 0 Å². The van der Waals surface area contributed by atoms with Crippen molar-refractivity contribution < 1.29 is 22.7 Å². The molecule has 2 atom stereocenters. The van der Waals surface area contributed by atoms with E-state index in [0.29, 0.717) is 19.4 Å². The molecular formula is C12H20F3NO2. The van der Waals surface area contributed by atoms with E-state index in [4.69, 9.17) is 4.74 Å². The molecule has 0 aromatic heterocycles. The zero-order valence-electron chi connectivity index (χ0n) is 10.9. The van der Waals surface area contributed by atoms with Crippen molar-refractivity contribution in [1.82, 2.24) is 5.32 Å². The minimum atomic E-state index is -4.31. The van der Waals surface area contributed by atoms with Gasteiger partial charge in [0.15, 0.2) is 0 Å². The Morgan fingerprint density at radius 2 is 1.94 bits per heavy atom. The van der Waals surface area contributed by atoms with E-state index >= 15 is 0 Å². The van der Waals surface area contributed by atoms with Gasteiger partial charge < -0.3 is 10.1 Å². The SMILES string of the molecule is CC(C)(C)OC(=O)C[C@H]1CCCN[C@@H]1C(F)(F)F. The van der Waals surface area contributed by atoms with E-state index in [0.717, 1.165) is 0 Å². The highest BCUT2D eigenvalue weighted by molar-refractivity contribution is 5.70. The summed E-state index contributed by atoms with van der Waals surface area (Å²) in [6.45, 7) is 5.44. The van der Waals surface area contributed by atoms with Crippen molar-refractivity contribution >= 4 is 5.97 Å². The fourth-order valence-electron chi connectivity index (χ4n) is 2.16. The summed E-state index contributed by atoms with van der Waals surface area (Å²) in [7, 11) is 0. The van der Waals surface area contributed by atoms with Gasteiger partial charge in [-0.25, -0.2) is 0 Å². The van der Waals surface area contributed by atoms with Crippen LogP contribution in [0.4, 0.5) is 13.2 Å². The summed E-state index contributed by atoms with van der Waals surface area (Å²) in [6.07, 6.45) is -3.45. The second kappa shape index (κ2) is 5.47. The largest absolute Gasteiger partial charge is 0.460 e. The van der Waals surface area contributed by atoms with Crippen LogP contribution in [-0.4, -0.2) is 30.3 Å². The van der Waals surface area contributed by atoms with Crippen LogP contribution in [0.1, 0.15) is 40.0 Å². The second-order valence-electron chi connectivity index (χ2n) is 5.67. The number of alkyl halides is 3. The van der Waals surface area contributed by atoms with Gasteiger partial charge in [0.05, 0.1) is 6.42 Å². The number of carbonyl (C=O) groups excluding carboxylic acids is 1. The Labute approximate surface area is 105 Å². The predicted octanol–water partition coefficient (Wildman–Crippen LogP) is 2.65. The molecule has 0 aromatic rings. The van der Waals surface area contributed by atoms with Gasteiger partial charge in [0, 0.05) is 0 Å². The molecule has 1 N–H and O–H groups in total. The minimum absolute atomic E-state index is 0.186. The maximum absolute atomic E-state index is 12.8. The molecular weight excluding hydrogens is 247 g/mol. The van der Waals surface area contributed by atoms with Crippen LogP contribution >= 0.6 is 0 Å². The van der Waals surface area contributed by atoms with Gasteiger partial charge in [-0.15, -0.1) is 0 Å². The third-order valence-corrected chi connectivity index (χ3v) is 2.79. The lowest BCUT2D eigenvalue weighted by Crippen LogP contribution is -2.51. The topological polar surface area (TPSA) is 38.3 Å². The first-order chi connectivity index (χ1) is 8.09. The normalized spacial score (nSPS) is 25.9. The van der Waals surface area contributed by atoms with Gasteiger partial charge in [0.1, 0.15) is 11.6 Å². The Balaban J connectivity index is 2.60. The van der Waals surface area contributed by atoms with Crippen LogP contribution in [0.3, 0.4) is 0 Å². The van der Waals surface area contributed by atoms with Crippen LogP contribution in [0, 0.1) is 5.92 Å². The lowest BCUT2D eigenvalue weighted by Gasteiger charge is -2.34. The number of rotatable bonds is 2. The Hall–Kier alpha value is -0.780. The summed E-state index contributed by atoms with van der Waals surface area (Å²) in [4.78, 5) is 11.6. The molecule has 106 valence electrons. The molecule has 0 amide bonds. The molecule has 1 aliphatic rings. The van der Waals surface area contributed by atoms with Gasteiger partial charge in [0.25, 0.3) is 0 Å². The van der Waals surface area contributed by atoms with Crippen LogP contribution in [-0.2, 0) is 9.53 Å². The van der Waals surface area contributed by atoms with E-state index in [-0.39, 0.29) is 6.42 Å². The highest BCUT2D eigenvalue weighted by atomic mass is 19.4. The van der Waals surface area contributed by atoms with Crippen molar-refractivity contribution in [2.75, 3.05) is 6.54 Å². The van der Waals surface area contributed by atoms with Crippen molar-refractivity contribution in [2.24, 2.45) is 5.92 Å². The first-order valence-electron chi connectivity index (χ1n) is 6.11. The van der Waals surface area contributed by atoms with Crippen molar-refractivity contribution in [1.29, 1.82) is 0 Å². The first kappa shape index (κ1) is 15.3. The summed E-state index contributed by atoms with van der Waals surface area (Å²) in [6, 6.07) is -1.60. The maximum Gasteiger partial charge on any atom is 0.404 e. The summed E-state index contributed by atoms with van der Waals surface area (Å²) in [5.41, 5.74) is -0.660. The smallest absolute Gasteiger partial charge is 0.404 e. The van der Waals surface area contributed by atoms with Gasteiger partial charge in [-0.3, -0.25) is 4.79 Å². The van der Waals surface area contributed by atoms with Crippen LogP contribution < -0.4 is 5.32 Å². The number of ether oxygens (including phenoxy) is 1. The number of halogens is 3. The Bertz CT molecular complexity index is 297. The summed E-state index contributed by atoms with van der Waals surface area (Å²) in [5.74, 6) is -1.29. The lowest BCUT2D eigenvalue weighted by molar-refractivity contribution is -0.178. The van der Waals surface area contributed by atoms with Gasteiger partial charge in [-0.2, -0.15) is 13.2 Å². The van der Waals surface area contributed by atoms with Crippen LogP contribution in [0.2, 0.25) is 0 Å². The number of hydrogen-bond donors (Lipinski definition) is 1. The van der Waals surface area contributed by atoms with Gasteiger partial charge in [-0.05, 0) is 46.1 Å². The summed E-state index contributed by atoms with van der Waals surface area (Å²) < 4.78 is 43.4. The molecule has 1 rings (SSSR count). The fourth-order valence-corrected chi connectivity index (χ4v) is 2.16. The Morgan fingerprint density at radius 3 is 2.44 bits per heavy atom. The second-order valence-corrected chi connectivity index (χ2v) is 5.67. The third-order valence-electron chi connectivity index (χ3n) is 2.79. The van der Waals surface area contributed by atoms with E-state index in [1.54, 1.807) is 20.8 Å². The molecule has 0 unspecified atom stereocenters. The standard InChI is InChI=1S/C12H20F3NO2/c1-11(2,3)18-9(17)7-8-5-4-6-16-10(8)12(13,14)15/h8,10,16H,4-7H2,1-3H3/t8-,10+/m1/s1. The molecule has 6 heteroatoms. The summed E-state index contributed by atoms with van der Waals surface area (Å²) in [5, 5.41) is 2.44. The van der Waals surface area contributed by atoms with Crippen LogP contribution in [0.15, 0.2) is 0 Å². The average molecular weight is 267 g/mol. The summed E-state index contributed by atoms with van der Waals surface area (Å²) >= 11 is 0. The average Bonchev–Trinajstić information content (AvgIpc) is 2.13. The molecule has 0 bridgehead atoms. The maximum atomic E-state index is 12.8. The predicted molar refractivity (Wildman–Crippen MR) is 61.0 cm³/mol. The number of nitrogens with one attached hydrogen (secondary N) is 1. The molecule has 1 heterocycles. The zero-order valence-corrected chi connectivity index (χ0v) is 10.9. The van der Waals surface area contributed by atoms with E-state index in [1.165, 1.54) is 0 Å². The van der Waals surface area contributed by atoms with Crippen molar-refractivity contribution in [3.05, 3.63) is 0 Å². The molecule has 1 aliphatic heterocycles. The Kier molecular flexibility index (Phi) is 4.64. The van der Waals surface area contributed by atoms with Crippen molar-refractivity contribution in [3.63, 3.8) is 0 Å². The van der Waals surface area contributed by atoms with Gasteiger partial charge >= 0.3 is 12.1 Å². The fraction of sp³-hybridized carbons (Fsp3) is 0.917. The molecule has 0 saturated carbocycles. The van der Waals surface area contributed by atoms with Crippen LogP contribution in [0.25, 0.3) is 0 Å². The molecule has 0 spiro atoms. The molecule has 0 radical (unpaired) electrons. The van der Waals surface area contributed by atoms with Crippen molar-refractivity contribution in [2.45, 2.75) is 57.9 Å². The monoisotopic (exact) mass is 267 g/mol. The molecule has 0 aliphatic carbocycles. The van der Waals surface area contributed by atoms with Gasteiger partial charge in [0.2, 0.25) is 0 Å². The third kappa shape index (κ3) is 4.84. The zero-order chi connectivity index (χ0) is 14.0. The van der Waals surface area contributed by atoms with Crippen molar-refractivity contribution in [3.8, 4) is 0 Å². The quantitative estimate of drug-likeness (QED) is 0.782. The lowest BCUT2D eigenvalue weighted by atomic mass is 9.87. The van der Waals surface area contributed by atoms with Crippen LogP contribution in [0.5, 0.6) is 0 Å². The number of piperidine rings is 1.